The number of carbonyl (C=O) groups excluding carboxylic acids is 3. The molecule has 1 N–H and O–H groups in total. The lowest BCUT2D eigenvalue weighted by Gasteiger charge is -2.41. The summed E-state index contributed by atoms with van der Waals surface area (Å²) < 4.78 is 11.0. The number of piperazine rings is 1. The van der Waals surface area contributed by atoms with Crippen LogP contribution in [-0.4, -0.2) is 71.2 Å². The van der Waals surface area contributed by atoms with Crippen LogP contribution in [0, 0.1) is 0 Å². The van der Waals surface area contributed by atoms with Crippen LogP contribution < -0.4 is 10.2 Å². The van der Waals surface area contributed by atoms with Crippen LogP contribution in [0.2, 0.25) is 0 Å². The van der Waals surface area contributed by atoms with Crippen molar-refractivity contribution in [3.05, 3.63) is 33.5 Å². The number of ether oxygens (including phenoxy) is 2. The monoisotopic (exact) mass is 525 g/mol. The lowest BCUT2D eigenvalue weighted by molar-refractivity contribution is -0.147. The zero-order valence-corrected chi connectivity index (χ0v) is 20.5. The Balaban J connectivity index is 1.81. The Morgan fingerprint density at radius 2 is 2.03 bits per heavy atom. The Morgan fingerprint density at radius 1 is 1.28 bits per heavy atom. The van der Waals surface area contributed by atoms with Gasteiger partial charge >= 0.3 is 12.1 Å². The highest BCUT2D eigenvalue weighted by atomic mass is 79.9. The molecule has 10 nitrogen and oxygen atoms in total. The van der Waals surface area contributed by atoms with Gasteiger partial charge in [0, 0.05) is 31.2 Å². The minimum atomic E-state index is -0.866. The molecule has 1 fully saturated rings. The molecule has 1 aliphatic rings. The van der Waals surface area contributed by atoms with E-state index < -0.39 is 23.7 Å². The van der Waals surface area contributed by atoms with Crippen molar-refractivity contribution in [3.63, 3.8) is 0 Å². The molecule has 0 aliphatic carbocycles. The highest BCUT2D eigenvalue weighted by molar-refractivity contribution is 9.11. The number of esters is 1. The number of anilines is 2. The summed E-state index contributed by atoms with van der Waals surface area (Å²) in [4.78, 5) is 49.2. The maximum absolute atomic E-state index is 12.7. The van der Waals surface area contributed by atoms with E-state index >= 15 is 0 Å². The third-order valence-corrected chi connectivity index (χ3v) is 5.94. The number of rotatable bonds is 4. The first kappa shape index (κ1) is 23.9. The van der Waals surface area contributed by atoms with Gasteiger partial charge in [0.2, 0.25) is 0 Å². The number of carbonyl (C=O) groups is 3. The van der Waals surface area contributed by atoms with E-state index in [1.54, 1.807) is 38.4 Å². The van der Waals surface area contributed by atoms with E-state index in [1.807, 2.05) is 4.90 Å². The van der Waals surface area contributed by atoms with Crippen LogP contribution in [0.3, 0.4) is 0 Å². The van der Waals surface area contributed by atoms with E-state index in [1.165, 1.54) is 29.5 Å². The number of thiazole rings is 1. The normalized spacial score (nSPS) is 16.5. The molecular formula is C20H24BrN5O5S. The van der Waals surface area contributed by atoms with Gasteiger partial charge in [0.15, 0.2) is 9.96 Å². The number of nitrogens with zero attached hydrogens (tertiary/aromatic N) is 4. The highest BCUT2D eigenvalue weighted by Crippen LogP contribution is 2.29. The van der Waals surface area contributed by atoms with Crippen molar-refractivity contribution in [2.75, 3.05) is 37.0 Å². The Morgan fingerprint density at radius 3 is 2.66 bits per heavy atom. The second-order valence-corrected chi connectivity index (χ2v) is 10.1. The Labute approximate surface area is 198 Å². The van der Waals surface area contributed by atoms with Crippen molar-refractivity contribution in [3.8, 4) is 0 Å². The molecule has 3 heterocycles. The fraction of sp³-hybridized carbons (Fsp3) is 0.450. The van der Waals surface area contributed by atoms with Crippen LogP contribution in [0.25, 0.3) is 0 Å². The summed E-state index contributed by atoms with van der Waals surface area (Å²) in [6.07, 6.45) is 2.55. The molecule has 0 aromatic carbocycles. The fourth-order valence-electron chi connectivity index (χ4n) is 3.18. The number of hydrogen-bond acceptors (Lipinski definition) is 9. The van der Waals surface area contributed by atoms with E-state index in [9.17, 15) is 14.4 Å². The van der Waals surface area contributed by atoms with Crippen LogP contribution >= 0.6 is 27.3 Å². The standard InChI is InChI=1S/C20H24BrN5O5S/c1-20(2,3)31-19(29)26-8-7-25(10-15(26)17(28)30-4)14-5-6-22-9-12(14)23-16(27)13-11-32-18(21)24-13/h5-6,9,11,15H,7-8,10H2,1-4H3,(H,23,27)/t15-/m1/s1. The number of amides is 2. The van der Waals surface area contributed by atoms with Gasteiger partial charge in [-0.2, -0.15) is 0 Å². The van der Waals surface area contributed by atoms with Crippen molar-refractivity contribution >= 4 is 56.6 Å². The van der Waals surface area contributed by atoms with E-state index in [-0.39, 0.29) is 24.7 Å². The zero-order chi connectivity index (χ0) is 23.5. The van der Waals surface area contributed by atoms with Crippen molar-refractivity contribution in [1.29, 1.82) is 0 Å². The molecule has 32 heavy (non-hydrogen) atoms. The third-order valence-electron chi connectivity index (χ3n) is 4.58. The molecule has 1 atom stereocenters. The van der Waals surface area contributed by atoms with Crippen molar-refractivity contribution in [1.82, 2.24) is 14.9 Å². The first-order valence-corrected chi connectivity index (χ1v) is 11.4. The second kappa shape index (κ2) is 9.82. The average Bonchev–Trinajstić information content (AvgIpc) is 3.18. The lowest BCUT2D eigenvalue weighted by atomic mass is 10.1. The third kappa shape index (κ3) is 5.74. The predicted octanol–water partition coefficient (Wildman–Crippen LogP) is 3.15. The number of pyridine rings is 1. The molecule has 0 unspecified atom stereocenters. The second-order valence-electron chi connectivity index (χ2n) is 7.99. The van der Waals surface area contributed by atoms with E-state index in [4.69, 9.17) is 9.47 Å². The van der Waals surface area contributed by atoms with Gasteiger partial charge in [-0.1, -0.05) is 0 Å². The number of nitrogens with one attached hydrogen (secondary N) is 1. The maximum atomic E-state index is 12.7. The Kier molecular flexibility index (Phi) is 7.34. The van der Waals surface area contributed by atoms with Gasteiger partial charge in [-0.3, -0.25) is 14.7 Å². The van der Waals surface area contributed by atoms with Gasteiger partial charge in [0.1, 0.15) is 11.3 Å². The molecule has 0 bridgehead atoms. The van der Waals surface area contributed by atoms with Crippen molar-refractivity contribution in [2.45, 2.75) is 32.4 Å². The number of halogens is 1. The molecule has 0 spiro atoms. The van der Waals surface area contributed by atoms with Gasteiger partial charge in [-0.25, -0.2) is 14.6 Å². The molecule has 0 saturated carbocycles. The molecule has 172 valence electrons. The van der Waals surface area contributed by atoms with Gasteiger partial charge in [-0.15, -0.1) is 11.3 Å². The summed E-state index contributed by atoms with van der Waals surface area (Å²) in [5, 5.41) is 4.46. The molecule has 1 saturated heterocycles. The van der Waals surface area contributed by atoms with Crippen LogP contribution in [0.15, 0.2) is 27.8 Å². The van der Waals surface area contributed by atoms with Gasteiger partial charge in [0.05, 0.1) is 24.7 Å². The van der Waals surface area contributed by atoms with Crippen LogP contribution in [0.5, 0.6) is 0 Å². The largest absolute Gasteiger partial charge is 0.467 e. The molecule has 2 aromatic rings. The highest BCUT2D eigenvalue weighted by Gasteiger charge is 2.39. The summed E-state index contributed by atoms with van der Waals surface area (Å²) in [6.45, 7) is 6.12. The average molecular weight is 526 g/mol. The van der Waals surface area contributed by atoms with Gasteiger partial charge < -0.3 is 19.7 Å². The summed E-state index contributed by atoms with van der Waals surface area (Å²) in [5.74, 6) is -0.925. The SMILES string of the molecule is COC(=O)[C@H]1CN(c2ccncc2NC(=O)c2csc(Br)n2)CCN1C(=O)OC(C)(C)C. The van der Waals surface area contributed by atoms with Crippen molar-refractivity contribution in [2.24, 2.45) is 0 Å². The molecule has 12 heteroatoms. The molecule has 3 rings (SSSR count). The number of hydrogen-bond donors (Lipinski definition) is 1. The topological polar surface area (TPSA) is 114 Å². The predicted molar refractivity (Wildman–Crippen MR) is 123 cm³/mol. The van der Waals surface area contributed by atoms with Gasteiger partial charge in [-0.05, 0) is 42.8 Å². The molecular weight excluding hydrogens is 502 g/mol. The van der Waals surface area contributed by atoms with Crippen LogP contribution in [0.4, 0.5) is 16.2 Å². The van der Waals surface area contributed by atoms with Crippen LogP contribution in [0.1, 0.15) is 31.3 Å². The summed E-state index contributed by atoms with van der Waals surface area (Å²) in [6, 6.07) is 0.874. The number of methoxy groups -OCH3 is 1. The smallest absolute Gasteiger partial charge is 0.411 e. The number of aromatic nitrogens is 2. The Hall–Kier alpha value is -2.73. The summed E-state index contributed by atoms with van der Waals surface area (Å²) in [5.41, 5.74) is 0.720. The Bertz CT molecular complexity index is 1010. The lowest BCUT2D eigenvalue weighted by Crippen LogP contribution is -2.59. The quantitative estimate of drug-likeness (QED) is 0.605. The zero-order valence-electron chi connectivity index (χ0n) is 18.1. The van der Waals surface area contributed by atoms with Crippen LogP contribution in [-0.2, 0) is 14.3 Å². The molecule has 1 aliphatic heterocycles. The van der Waals surface area contributed by atoms with E-state index in [0.29, 0.717) is 21.8 Å². The summed E-state index contributed by atoms with van der Waals surface area (Å²) in [7, 11) is 1.28. The molecule has 2 amide bonds. The molecule has 2 aromatic heterocycles. The van der Waals surface area contributed by atoms with Gasteiger partial charge in [0.25, 0.3) is 5.91 Å². The van der Waals surface area contributed by atoms with E-state index in [0.717, 1.165) is 0 Å². The maximum Gasteiger partial charge on any atom is 0.411 e. The summed E-state index contributed by atoms with van der Waals surface area (Å²) >= 11 is 4.55. The molecule has 0 radical (unpaired) electrons. The first-order chi connectivity index (χ1) is 15.1. The minimum absolute atomic E-state index is 0.168. The minimum Gasteiger partial charge on any atom is -0.467 e. The van der Waals surface area contributed by atoms with Crippen molar-refractivity contribution < 1.29 is 23.9 Å². The fourth-order valence-corrected chi connectivity index (χ4v) is 4.17. The first-order valence-electron chi connectivity index (χ1n) is 9.78. The van der Waals surface area contributed by atoms with E-state index in [2.05, 4.69) is 31.2 Å².